The van der Waals surface area contributed by atoms with Crippen molar-refractivity contribution in [2.75, 3.05) is 18.6 Å². The van der Waals surface area contributed by atoms with Gasteiger partial charge in [-0.05, 0) is 6.42 Å². The smallest absolute Gasteiger partial charge is 0.0487 e. The summed E-state index contributed by atoms with van der Waals surface area (Å²) in [4.78, 5) is 0. The SMILES string of the molecule is CS1(=O)(O)CCCN1. The molecule has 0 bridgehead atoms. The molecule has 0 radical (unpaired) electrons. The number of hydrogen-bond donors (Lipinski definition) is 2. The second-order valence-corrected chi connectivity index (χ2v) is 6.10. The molecule has 50 valence electrons. The Morgan fingerprint density at radius 3 is 2.50 bits per heavy atom. The second kappa shape index (κ2) is 1.32. The molecule has 8 heavy (non-hydrogen) atoms. The minimum Gasteiger partial charge on any atom is -0.290 e. The van der Waals surface area contributed by atoms with Crippen LogP contribution in [0.1, 0.15) is 6.42 Å². The molecule has 1 aliphatic rings. The van der Waals surface area contributed by atoms with Crippen molar-refractivity contribution in [1.82, 2.24) is 4.72 Å². The maximum atomic E-state index is 11.0. The second-order valence-electron chi connectivity index (χ2n) is 2.43. The van der Waals surface area contributed by atoms with Gasteiger partial charge in [-0.15, -0.1) is 9.53 Å². The van der Waals surface area contributed by atoms with E-state index in [0.717, 1.165) is 6.42 Å². The topological polar surface area (TPSA) is 49.3 Å². The Labute approximate surface area is 48.8 Å². The van der Waals surface area contributed by atoms with Crippen molar-refractivity contribution in [3.63, 3.8) is 0 Å². The molecular formula is C4H11NO2S. The lowest BCUT2D eigenvalue weighted by molar-refractivity contribution is 0.516. The molecule has 0 aromatic rings. The number of hydrogen-bond acceptors (Lipinski definition) is 1. The number of rotatable bonds is 0. The summed E-state index contributed by atoms with van der Waals surface area (Å²) in [6.45, 7) is 0.679. The van der Waals surface area contributed by atoms with E-state index < -0.39 is 9.53 Å². The van der Waals surface area contributed by atoms with Crippen molar-refractivity contribution < 1.29 is 8.76 Å². The first-order chi connectivity index (χ1) is 3.47. The summed E-state index contributed by atoms with van der Waals surface area (Å²) in [7, 11) is -3.27. The highest BCUT2D eigenvalue weighted by molar-refractivity contribution is 8.13. The van der Waals surface area contributed by atoms with Crippen LogP contribution >= 0.6 is 0 Å². The fraction of sp³-hybridized carbons (Fsp3) is 1.00. The summed E-state index contributed by atoms with van der Waals surface area (Å²) in [6, 6.07) is 0. The largest absolute Gasteiger partial charge is 0.290 e. The lowest BCUT2D eigenvalue weighted by Gasteiger charge is -2.33. The van der Waals surface area contributed by atoms with Crippen LogP contribution in [0.5, 0.6) is 0 Å². The van der Waals surface area contributed by atoms with Crippen LogP contribution in [0.15, 0.2) is 0 Å². The molecule has 0 atom stereocenters. The average molecular weight is 137 g/mol. The minimum atomic E-state index is -3.27. The quantitative estimate of drug-likeness (QED) is 0.486. The van der Waals surface area contributed by atoms with Crippen molar-refractivity contribution in [3.05, 3.63) is 0 Å². The van der Waals surface area contributed by atoms with Gasteiger partial charge < -0.3 is 0 Å². The summed E-state index contributed by atoms with van der Waals surface area (Å²) in [6.07, 6.45) is 2.20. The van der Waals surface area contributed by atoms with Gasteiger partial charge in [0.2, 0.25) is 0 Å². The Hall–Kier alpha value is 0.0700. The molecule has 0 saturated carbocycles. The molecule has 3 nitrogen and oxygen atoms in total. The summed E-state index contributed by atoms with van der Waals surface area (Å²) in [5, 5.41) is 0. The van der Waals surface area contributed by atoms with Gasteiger partial charge in [0.05, 0.1) is 0 Å². The molecule has 0 amide bonds. The standard InChI is InChI=1S/C4H11NO2S/c1-8(6,7)4-2-3-5-8/h2-4H2,1H3,(H2,5,6,7). The van der Waals surface area contributed by atoms with Gasteiger partial charge in [-0.2, -0.15) is 4.21 Å². The van der Waals surface area contributed by atoms with E-state index >= 15 is 0 Å². The monoisotopic (exact) mass is 137 g/mol. The molecule has 1 heterocycles. The first kappa shape index (κ1) is 6.19. The van der Waals surface area contributed by atoms with E-state index in [0.29, 0.717) is 12.3 Å². The van der Waals surface area contributed by atoms with Crippen LogP contribution in [0.25, 0.3) is 0 Å². The van der Waals surface area contributed by atoms with E-state index in [1.807, 2.05) is 0 Å². The van der Waals surface area contributed by atoms with Crippen molar-refractivity contribution in [1.29, 1.82) is 0 Å². The first-order valence-electron chi connectivity index (χ1n) is 2.60. The molecular weight excluding hydrogens is 126 g/mol. The first-order valence-corrected chi connectivity index (χ1v) is 5.10. The van der Waals surface area contributed by atoms with E-state index in [9.17, 15) is 4.21 Å². The van der Waals surface area contributed by atoms with Crippen LogP contribution < -0.4 is 4.72 Å². The van der Waals surface area contributed by atoms with Crippen molar-refractivity contribution in [3.8, 4) is 0 Å². The van der Waals surface area contributed by atoms with Crippen LogP contribution in [-0.2, 0) is 9.53 Å². The van der Waals surface area contributed by atoms with Gasteiger partial charge in [0.1, 0.15) is 0 Å². The fourth-order valence-electron chi connectivity index (χ4n) is 0.818. The number of nitrogens with one attached hydrogen (secondary N) is 1. The van der Waals surface area contributed by atoms with E-state index in [1.165, 1.54) is 6.26 Å². The third-order valence-electron chi connectivity index (χ3n) is 1.27. The zero-order valence-corrected chi connectivity index (χ0v) is 5.70. The molecule has 0 unspecified atom stereocenters. The molecule has 2 N–H and O–H groups in total. The average Bonchev–Trinajstić information content (AvgIpc) is 1.81. The highest BCUT2D eigenvalue weighted by Crippen LogP contribution is 2.17. The lowest BCUT2D eigenvalue weighted by Crippen LogP contribution is -2.42. The Morgan fingerprint density at radius 1 is 1.75 bits per heavy atom. The molecule has 1 rings (SSSR count). The lowest BCUT2D eigenvalue weighted by atomic mass is 10.5. The van der Waals surface area contributed by atoms with Crippen LogP contribution in [0.4, 0.5) is 0 Å². The summed E-state index contributed by atoms with van der Waals surface area (Å²) < 4.78 is 22.7. The summed E-state index contributed by atoms with van der Waals surface area (Å²) >= 11 is 0. The Kier molecular flexibility index (Phi) is 1.02. The predicted octanol–water partition coefficient (Wildman–Crippen LogP) is -0.182. The van der Waals surface area contributed by atoms with Gasteiger partial charge in [-0.25, -0.2) is 4.72 Å². The summed E-state index contributed by atoms with van der Waals surface area (Å²) in [5.74, 6) is 0.414. The van der Waals surface area contributed by atoms with Crippen LogP contribution in [-0.4, -0.2) is 27.3 Å². The van der Waals surface area contributed by atoms with Crippen molar-refractivity contribution in [2.45, 2.75) is 6.42 Å². The minimum absolute atomic E-state index is 0.414. The summed E-state index contributed by atoms with van der Waals surface area (Å²) in [5.41, 5.74) is 0. The van der Waals surface area contributed by atoms with Crippen LogP contribution in [0.2, 0.25) is 0 Å². The maximum Gasteiger partial charge on any atom is 0.0487 e. The van der Waals surface area contributed by atoms with Crippen molar-refractivity contribution >= 4 is 9.53 Å². The van der Waals surface area contributed by atoms with Gasteiger partial charge in [0.15, 0.2) is 0 Å². The van der Waals surface area contributed by atoms with Gasteiger partial charge >= 0.3 is 0 Å². The highest BCUT2D eigenvalue weighted by atomic mass is 32.3. The normalized spacial score (nSPS) is 38.0. The van der Waals surface area contributed by atoms with E-state index in [1.54, 1.807) is 0 Å². The van der Waals surface area contributed by atoms with E-state index in [4.69, 9.17) is 4.55 Å². The molecule has 1 saturated heterocycles. The molecule has 0 aromatic carbocycles. The molecule has 1 aliphatic heterocycles. The molecule has 1 fully saturated rings. The van der Waals surface area contributed by atoms with E-state index in [-0.39, 0.29) is 0 Å². The van der Waals surface area contributed by atoms with E-state index in [2.05, 4.69) is 4.72 Å². The third-order valence-corrected chi connectivity index (χ3v) is 3.47. The highest BCUT2D eigenvalue weighted by Gasteiger charge is 2.24. The maximum absolute atomic E-state index is 11.0. The predicted molar refractivity (Wildman–Crippen MR) is 34.2 cm³/mol. The van der Waals surface area contributed by atoms with Crippen molar-refractivity contribution in [2.24, 2.45) is 0 Å². The van der Waals surface area contributed by atoms with Crippen LogP contribution in [0.3, 0.4) is 0 Å². The van der Waals surface area contributed by atoms with Gasteiger partial charge in [-0.3, -0.25) is 4.55 Å². The van der Waals surface area contributed by atoms with Gasteiger partial charge in [0, 0.05) is 18.6 Å². The Bertz CT molecular complexity index is 147. The van der Waals surface area contributed by atoms with Crippen LogP contribution in [0, 0.1) is 0 Å². The molecule has 4 heteroatoms. The zero-order valence-electron chi connectivity index (χ0n) is 4.89. The Balaban J connectivity index is 2.83. The Morgan fingerprint density at radius 2 is 2.38 bits per heavy atom. The molecule has 0 aromatic heterocycles. The zero-order chi connectivity index (χ0) is 6.28. The third kappa shape index (κ3) is 1.27. The molecule has 0 aliphatic carbocycles. The molecule has 0 spiro atoms. The fourth-order valence-corrected chi connectivity index (χ4v) is 2.45. The van der Waals surface area contributed by atoms with Gasteiger partial charge in [0.25, 0.3) is 0 Å². The van der Waals surface area contributed by atoms with Gasteiger partial charge in [-0.1, -0.05) is 0 Å².